The number of hydrogen-bond acceptors (Lipinski definition) is 5. The van der Waals surface area contributed by atoms with Crippen molar-refractivity contribution in [2.75, 3.05) is 5.75 Å². The van der Waals surface area contributed by atoms with E-state index in [0.717, 1.165) is 33.5 Å². The van der Waals surface area contributed by atoms with Crippen LogP contribution >= 0.6 is 0 Å². The topological polar surface area (TPSA) is 113 Å². The van der Waals surface area contributed by atoms with E-state index < -0.39 is 10.0 Å². The Morgan fingerprint density at radius 2 is 1.68 bits per heavy atom. The van der Waals surface area contributed by atoms with Gasteiger partial charge in [-0.3, -0.25) is 9.78 Å². The van der Waals surface area contributed by atoms with Crippen molar-refractivity contribution >= 4 is 37.7 Å². The average Bonchev–Trinajstić information content (AvgIpc) is 3.48. The Kier molecular flexibility index (Phi) is 6.72. The molecular weight excluding hydrogens is 541 g/mol. The van der Waals surface area contributed by atoms with E-state index in [-0.39, 0.29) is 23.9 Å². The molecule has 0 atom stereocenters. The number of hydrogen-bond donors (Lipinski definition) is 1. The van der Waals surface area contributed by atoms with E-state index in [4.69, 9.17) is 5.14 Å². The Morgan fingerprint density at radius 1 is 0.951 bits per heavy atom. The first kappa shape index (κ1) is 26.5. The third-order valence-corrected chi connectivity index (χ3v) is 7.97. The van der Waals surface area contributed by atoms with Gasteiger partial charge in [0.2, 0.25) is 10.0 Å². The zero-order chi connectivity index (χ0) is 28.7. The fraction of sp³-hybridized carbons (Fsp3) is 0.129. The van der Waals surface area contributed by atoms with Crippen molar-refractivity contribution in [3.05, 3.63) is 120 Å². The highest BCUT2D eigenvalue weighted by molar-refractivity contribution is 7.89. The molecular formula is C31H26FN5O3S. The van der Waals surface area contributed by atoms with Crippen LogP contribution in [0.15, 0.2) is 91.4 Å². The minimum Gasteiger partial charge on any atom is -0.346 e. The van der Waals surface area contributed by atoms with Crippen LogP contribution in [0.3, 0.4) is 0 Å². The van der Waals surface area contributed by atoms with Gasteiger partial charge in [-0.15, -0.1) is 0 Å². The fourth-order valence-electron chi connectivity index (χ4n) is 5.11. The molecule has 0 saturated heterocycles. The first-order valence-corrected chi connectivity index (χ1v) is 14.7. The van der Waals surface area contributed by atoms with Crippen LogP contribution in [0.2, 0.25) is 0 Å². The average molecular weight is 568 g/mol. The summed E-state index contributed by atoms with van der Waals surface area (Å²) in [7, 11) is -3.72. The molecule has 0 fully saturated rings. The van der Waals surface area contributed by atoms with Crippen LogP contribution in [-0.4, -0.2) is 39.1 Å². The summed E-state index contributed by atoms with van der Waals surface area (Å²) in [6.07, 6.45) is 5.15. The number of nitrogens with zero attached hydrogens (tertiary/aromatic N) is 4. The summed E-state index contributed by atoms with van der Waals surface area (Å²) in [6, 6.07) is 21.1. The minimum atomic E-state index is -3.72. The molecule has 6 aromatic rings. The molecule has 0 amide bonds. The number of aryl methyl sites for hydroxylation is 2. The number of rotatable bonds is 8. The third-order valence-electron chi connectivity index (χ3n) is 7.22. The molecule has 3 heterocycles. The van der Waals surface area contributed by atoms with Crippen molar-refractivity contribution in [2.45, 2.75) is 20.0 Å². The Hall–Kier alpha value is -4.67. The maximum atomic E-state index is 13.7. The molecule has 0 spiro atoms. The normalized spacial score (nSPS) is 11.9. The second kappa shape index (κ2) is 10.4. The summed E-state index contributed by atoms with van der Waals surface area (Å²) < 4.78 is 40.7. The third kappa shape index (κ3) is 5.39. The van der Waals surface area contributed by atoms with Crippen molar-refractivity contribution < 1.29 is 17.6 Å². The zero-order valence-electron chi connectivity index (χ0n) is 22.2. The highest BCUT2D eigenvalue weighted by Crippen LogP contribution is 2.30. The van der Waals surface area contributed by atoms with E-state index in [9.17, 15) is 17.6 Å². The van der Waals surface area contributed by atoms with E-state index in [2.05, 4.69) is 14.5 Å². The number of halogens is 1. The number of imidazole rings is 1. The zero-order valence-corrected chi connectivity index (χ0v) is 23.0. The van der Waals surface area contributed by atoms with Gasteiger partial charge in [0.25, 0.3) is 0 Å². The van der Waals surface area contributed by atoms with Crippen LogP contribution < -0.4 is 5.14 Å². The van der Waals surface area contributed by atoms with Gasteiger partial charge in [0, 0.05) is 47.5 Å². The summed E-state index contributed by atoms with van der Waals surface area (Å²) in [5.41, 5.74) is 6.10. The molecule has 0 bridgehead atoms. The van der Waals surface area contributed by atoms with Gasteiger partial charge in [-0.2, -0.15) is 0 Å². The van der Waals surface area contributed by atoms with Gasteiger partial charge in [-0.05, 0) is 47.9 Å². The Morgan fingerprint density at radius 3 is 2.41 bits per heavy atom. The Bertz CT molecular complexity index is 2030. The van der Waals surface area contributed by atoms with Crippen LogP contribution in [0.5, 0.6) is 0 Å². The predicted molar refractivity (Wildman–Crippen MR) is 157 cm³/mol. The first-order valence-electron chi connectivity index (χ1n) is 13.0. The van der Waals surface area contributed by atoms with Crippen LogP contribution in [0.4, 0.5) is 4.39 Å². The number of primary sulfonamides is 1. The van der Waals surface area contributed by atoms with Gasteiger partial charge in [-0.25, -0.2) is 22.9 Å². The molecule has 6 rings (SSSR count). The number of ketones is 1. The molecule has 0 aliphatic rings. The quantitative estimate of drug-likeness (QED) is 0.258. The highest BCUT2D eigenvalue weighted by atomic mass is 32.2. The van der Waals surface area contributed by atoms with Crippen molar-refractivity contribution in [1.29, 1.82) is 0 Å². The van der Waals surface area contributed by atoms with Gasteiger partial charge in [0.1, 0.15) is 17.2 Å². The lowest BCUT2D eigenvalue weighted by atomic mass is 9.99. The van der Waals surface area contributed by atoms with Gasteiger partial charge < -0.3 is 9.13 Å². The monoisotopic (exact) mass is 567 g/mol. The van der Waals surface area contributed by atoms with E-state index in [0.29, 0.717) is 28.6 Å². The summed E-state index contributed by atoms with van der Waals surface area (Å²) in [4.78, 5) is 22.4. The molecule has 0 unspecified atom stereocenters. The number of benzene rings is 3. The Balaban J connectivity index is 1.33. The number of aromatic nitrogens is 4. The highest BCUT2D eigenvalue weighted by Gasteiger charge is 2.19. The van der Waals surface area contributed by atoms with Gasteiger partial charge in [-0.1, -0.05) is 48.5 Å². The van der Waals surface area contributed by atoms with E-state index >= 15 is 0 Å². The number of sulfonamides is 1. The van der Waals surface area contributed by atoms with Gasteiger partial charge in [0.05, 0.1) is 17.5 Å². The second-order valence-electron chi connectivity index (χ2n) is 9.98. The smallest absolute Gasteiger partial charge is 0.210 e. The van der Waals surface area contributed by atoms with Crippen molar-refractivity contribution in [1.82, 2.24) is 19.1 Å². The van der Waals surface area contributed by atoms with Crippen LogP contribution in [0, 0.1) is 12.7 Å². The fourth-order valence-corrected chi connectivity index (χ4v) is 5.56. The summed E-state index contributed by atoms with van der Waals surface area (Å²) in [6.45, 7) is 2.63. The largest absolute Gasteiger partial charge is 0.346 e. The number of pyridine rings is 1. The standard InChI is InChI=1S/C31H26FN5O3S/c1-20-35-28-17-34-13-12-29(28)37(20)18-21-2-4-23(5-3-21)31(38)27-19-36(14-15-41(33,39)40)30-16-24(8-11-26(27)30)22-6-9-25(32)10-7-22/h2-13,16-17,19H,14-15,18H2,1H3,(H2,33,39,40). The maximum Gasteiger partial charge on any atom is 0.210 e. The number of fused-ring (bicyclic) bond motifs is 2. The van der Waals surface area contributed by atoms with Crippen LogP contribution in [0.25, 0.3) is 33.1 Å². The van der Waals surface area contributed by atoms with Gasteiger partial charge >= 0.3 is 0 Å². The molecule has 2 N–H and O–H groups in total. The molecule has 41 heavy (non-hydrogen) atoms. The molecule has 8 nitrogen and oxygen atoms in total. The molecule has 0 saturated carbocycles. The lowest BCUT2D eigenvalue weighted by Crippen LogP contribution is -2.20. The van der Waals surface area contributed by atoms with Crippen molar-refractivity contribution in [2.24, 2.45) is 5.14 Å². The van der Waals surface area contributed by atoms with Crippen LogP contribution in [-0.2, 0) is 23.1 Å². The lowest BCUT2D eigenvalue weighted by Gasteiger charge is -2.08. The molecule has 0 aliphatic heterocycles. The van der Waals surface area contributed by atoms with E-state index in [1.165, 1.54) is 12.1 Å². The summed E-state index contributed by atoms with van der Waals surface area (Å²) in [5.74, 6) is 0.0791. The Labute approximate surface area is 235 Å². The molecule has 10 heteroatoms. The molecule has 0 aliphatic carbocycles. The number of carbonyl (C=O) groups excluding carboxylic acids is 1. The summed E-state index contributed by atoms with van der Waals surface area (Å²) >= 11 is 0. The van der Waals surface area contributed by atoms with E-state index in [1.807, 2.05) is 43.3 Å². The van der Waals surface area contributed by atoms with E-state index in [1.54, 1.807) is 47.4 Å². The lowest BCUT2D eigenvalue weighted by molar-refractivity contribution is 0.104. The molecule has 3 aromatic carbocycles. The SMILES string of the molecule is Cc1nc2cnccc2n1Cc1ccc(C(=O)c2cn(CCS(N)(=O)=O)c3cc(-c4ccc(F)cc4)ccc23)cc1. The number of nitrogens with two attached hydrogens (primary N) is 1. The van der Waals surface area contributed by atoms with Gasteiger partial charge in [0.15, 0.2) is 5.78 Å². The van der Waals surface area contributed by atoms with Crippen LogP contribution in [0.1, 0.15) is 27.3 Å². The number of carbonyl (C=O) groups is 1. The van der Waals surface area contributed by atoms with Crippen molar-refractivity contribution in [3.8, 4) is 11.1 Å². The predicted octanol–water partition coefficient (Wildman–Crippen LogP) is 5.07. The van der Waals surface area contributed by atoms with Crippen molar-refractivity contribution in [3.63, 3.8) is 0 Å². The molecule has 206 valence electrons. The second-order valence-corrected chi connectivity index (χ2v) is 11.7. The minimum absolute atomic E-state index is 0.0855. The summed E-state index contributed by atoms with van der Waals surface area (Å²) in [5, 5.41) is 5.96. The maximum absolute atomic E-state index is 13.7. The molecule has 3 aromatic heterocycles. The first-order chi connectivity index (χ1) is 19.7. The molecule has 0 radical (unpaired) electrons.